The molecule has 0 aliphatic heterocycles. The molecule has 3 aromatic heterocycles. The van der Waals surface area contributed by atoms with E-state index in [2.05, 4.69) is 15.2 Å². The fraction of sp³-hybridized carbons (Fsp3) is 0.308. The van der Waals surface area contributed by atoms with Crippen molar-refractivity contribution in [2.75, 3.05) is 0 Å². The summed E-state index contributed by atoms with van der Waals surface area (Å²) in [7, 11) is 1.73. The number of hydrogen-bond acceptors (Lipinski definition) is 3. The molecule has 3 aromatic rings. The van der Waals surface area contributed by atoms with Crippen molar-refractivity contribution in [3.63, 3.8) is 0 Å². The molecule has 0 saturated heterocycles. The van der Waals surface area contributed by atoms with Gasteiger partial charge in [0.2, 0.25) is 0 Å². The minimum Gasteiger partial charge on any atom is -0.272 e. The number of hydrogen-bond donors (Lipinski definition) is 0. The Hall–Kier alpha value is -2.38. The summed E-state index contributed by atoms with van der Waals surface area (Å²) in [5.41, 5.74) is 1.35. The SMILES string of the molecule is Cc1cc2nc(-c3cnn(C)c3C)cc(C(F)(F)F)n2n1. The van der Waals surface area contributed by atoms with Gasteiger partial charge in [-0.1, -0.05) is 0 Å². The molecule has 0 fully saturated rings. The zero-order valence-corrected chi connectivity index (χ0v) is 11.6. The smallest absolute Gasteiger partial charge is 0.272 e. The molecule has 110 valence electrons. The van der Waals surface area contributed by atoms with Gasteiger partial charge in [0.25, 0.3) is 0 Å². The van der Waals surface area contributed by atoms with E-state index in [1.165, 1.54) is 12.3 Å². The maximum Gasteiger partial charge on any atom is 0.433 e. The number of nitrogens with zero attached hydrogens (tertiary/aromatic N) is 5. The summed E-state index contributed by atoms with van der Waals surface area (Å²) in [4.78, 5) is 4.26. The lowest BCUT2D eigenvalue weighted by atomic mass is 10.1. The second-order valence-electron chi connectivity index (χ2n) is 4.85. The lowest BCUT2D eigenvalue weighted by molar-refractivity contribution is -0.142. The molecule has 0 amide bonds. The molecular formula is C13H12F3N5. The first kappa shape index (κ1) is 13.6. The molecule has 0 aromatic carbocycles. The summed E-state index contributed by atoms with van der Waals surface area (Å²) in [5, 5.41) is 7.90. The van der Waals surface area contributed by atoms with Gasteiger partial charge in [-0.2, -0.15) is 23.4 Å². The summed E-state index contributed by atoms with van der Waals surface area (Å²) in [5.74, 6) is 0. The molecule has 0 atom stereocenters. The van der Waals surface area contributed by atoms with E-state index in [0.717, 1.165) is 16.3 Å². The van der Waals surface area contributed by atoms with Crippen LogP contribution >= 0.6 is 0 Å². The Bertz CT molecular complexity index is 828. The first-order valence-corrected chi connectivity index (χ1v) is 6.21. The maximum atomic E-state index is 13.2. The van der Waals surface area contributed by atoms with E-state index in [-0.39, 0.29) is 11.3 Å². The van der Waals surface area contributed by atoms with Gasteiger partial charge in [0.1, 0.15) is 0 Å². The van der Waals surface area contributed by atoms with Gasteiger partial charge in [-0.15, -0.1) is 0 Å². The highest BCUT2D eigenvalue weighted by Crippen LogP contribution is 2.32. The average Bonchev–Trinajstić information content (AvgIpc) is 2.90. The molecular weight excluding hydrogens is 283 g/mol. The van der Waals surface area contributed by atoms with Crippen LogP contribution < -0.4 is 0 Å². The Morgan fingerprint density at radius 2 is 1.86 bits per heavy atom. The fourth-order valence-corrected chi connectivity index (χ4v) is 2.18. The van der Waals surface area contributed by atoms with Crippen LogP contribution in [0, 0.1) is 13.8 Å². The van der Waals surface area contributed by atoms with Crippen molar-refractivity contribution < 1.29 is 13.2 Å². The first-order valence-electron chi connectivity index (χ1n) is 6.21. The summed E-state index contributed by atoms with van der Waals surface area (Å²) in [6, 6.07) is 2.52. The Morgan fingerprint density at radius 1 is 1.14 bits per heavy atom. The molecule has 5 nitrogen and oxygen atoms in total. The van der Waals surface area contributed by atoms with Crippen molar-refractivity contribution in [1.29, 1.82) is 0 Å². The van der Waals surface area contributed by atoms with Gasteiger partial charge >= 0.3 is 6.18 Å². The second kappa shape index (κ2) is 4.31. The maximum absolute atomic E-state index is 13.2. The highest BCUT2D eigenvalue weighted by atomic mass is 19.4. The third-order valence-electron chi connectivity index (χ3n) is 3.35. The highest BCUT2D eigenvalue weighted by Gasteiger charge is 2.35. The predicted molar refractivity (Wildman–Crippen MR) is 69.7 cm³/mol. The van der Waals surface area contributed by atoms with Crippen LogP contribution in [0.2, 0.25) is 0 Å². The van der Waals surface area contributed by atoms with Crippen LogP contribution in [-0.4, -0.2) is 24.4 Å². The number of rotatable bonds is 1. The molecule has 3 rings (SSSR count). The summed E-state index contributed by atoms with van der Waals surface area (Å²) < 4.78 is 42.1. The van der Waals surface area contributed by atoms with Crippen molar-refractivity contribution in [3.8, 4) is 11.3 Å². The molecule has 0 radical (unpaired) electrons. The molecule has 3 heterocycles. The van der Waals surface area contributed by atoms with Gasteiger partial charge in [0.15, 0.2) is 11.3 Å². The Labute approximate surface area is 118 Å². The fourth-order valence-electron chi connectivity index (χ4n) is 2.18. The van der Waals surface area contributed by atoms with E-state index in [9.17, 15) is 13.2 Å². The minimum atomic E-state index is -4.51. The second-order valence-corrected chi connectivity index (χ2v) is 4.85. The topological polar surface area (TPSA) is 48.0 Å². The van der Waals surface area contributed by atoms with Gasteiger partial charge < -0.3 is 0 Å². The van der Waals surface area contributed by atoms with Gasteiger partial charge in [-0.3, -0.25) is 4.68 Å². The molecule has 0 spiro atoms. The van der Waals surface area contributed by atoms with Crippen LogP contribution in [-0.2, 0) is 13.2 Å². The summed E-state index contributed by atoms with van der Waals surface area (Å²) >= 11 is 0. The van der Waals surface area contributed by atoms with Crippen LogP contribution in [0.25, 0.3) is 16.9 Å². The molecule has 0 saturated carbocycles. The molecule has 0 N–H and O–H groups in total. The van der Waals surface area contributed by atoms with Crippen LogP contribution in [0.4, 0.5) is 13.2 Å². The van der Waals surface area contributed by atoms with Gasteiger partial charge in [-0.25, -0.2) is 9.50 Å². The van der Waals surface area contributed by atoms with Gasteiger partial charge in [0, 0.05) is 24.4 Å². The highest BCUT2D eigenvalue weighted by molar-refractivity contribution is 5.64. The van der Waals surface area contributed by atoms with E-state index in [1.807, 2.05) is 0 Å². The third-order valence-corrected chi connectivity index (χ3v) is 3.35. The average molecular weight is 295 g/mol. The number of alkyl halides is 3. The lowest BCUT2D eigenvalue weighted by Crippen LogP contribution is -2.13. The first-order chi connectivity index (χ1) is 9.77. The Morgan fingerprint density at radius 3 is 2.43 bits per heavy atom. The van der Waals surface area contributed by atoms with Crippen molar-refractivity contribution >= 4 is 5.65 Å². The monoisotopic (exact) mass is 295 g/mol. The molecule has 21 heavy (non-hydrogen) atoms. The Kier molecular flexibility index (Phi) is 2.79. The molecule has 0 aliphatic carbocycles. The zero-order valence-electron chi connectivity index (χ0n) is 11.6. The van der Waals surface area contributed by atoms with Crippen LogP contribution in [0.1, 0.15) is 17.1 Å². The van der Waals surface area contributed by atoms with Gasteiger partial charge in [-0.05, 0) is 19.9 Å². The normalized spacial score (nSPS) is 12.3. The van der Waals surface area contributed by atoms with E-state index in [0.29, 0.717) is 11.3 Å². The number of halogens is 3. The van der Waals surface area contributed by atoms with E-state index < -0.39 is 11.9 Å². The van der Waals surface area contributed by atoms with E-state index >= 15 is 0 Å². The quantitative estimate of drug-likeness (QED) is 0.693. The standard InChI is InChI=1S/C13H12F3N5/c1-7-4-12-18-10(9-6-17-20(3)8(9)2)5-11(13(14,15)16)21(12)19-7/h4-6H,1-3H3. The molecule has 0 unspecified atom stereocenters. The van der Waals surface area contributed by atoms with Crippen LogP contribution in [0.15, 0.2) is 18.3 Å². The summed E-state index contributed by atoms with van der Waals surface area (Å²) in [6.45, 7) is 3.41. The van der Waals surface area contributed by atoms with E-state index in [1.54, 1.807) is 25.6 Å². The lowest BCUT2D eigenvalue weighted by Gasteiger charge is -2.10. The largest absolute Gasteiger partial charge is 0.433 e. The van der Waals surface area contributed by atoms with Crippen LogP contribution in [0.3, 0.4) is 0 Å². The van der Waals surface area contributed by atoms with Crippen molar-refractivity contribution in [2.24, 2.45) is 7.05 Å². The van der Waals surface area contributed by atoms with Crippen molar-refractivity contribution in [2.45, 2.75) is 20.0 Å². The molecule has 0 aliphatic rings. The van der Waals surface area contributed by atoms with Crippen molar-refractivity contribution in [3.05, 3.63) is 35.4 Å². The van der Waals surface area contributed by atoms with Crippen LogP contribution in [0.5, 0.6) is 0 Å². The molecule has 0 bridgehead atoms. The number of aromatic nitrogens is 5. The Balaban J connectivity index is 2.33. The van der Waals surface area contributed by atoms with Crippen molar-refractivity contribution in [1.82, 2.24) is 24.4 Å². The number of aryl methyl sites for hydroxylation is 2. The predicted octanol–water partition coefficient (Wildman–Crippen LogP) is 2.77. The van der Waals surface area contributed by atoms with E-state index in [4.69, 9.17) is 0 Å². The summed E-state index contributed by atoms with van der Waals surface area (Å²) in [6.07, 6.45) is -3.00. The molecule has 8 heteroatoms. The number of fused-ring (bicyclic) bond motifs is 1. The third kappa shape index (κ3) is 2.16. The van der Waals surface area contributed by atoms with Gasteiger partial charge in [0.05, 0.1) is 17.6 Å². The zero-order chi connectivity index (χ0) is 15.4. The minimum absolute atomic E-state index is 0.167.